The van der Waals surface area contributed by atoms with Crippen LogP contribution in [0.2, 0.25) is 0 Å². The summed E-state index contributed by atoms with van der Waals surface area (Å²) in [6.45, 7) is 4.63. The van der Waals surface area contributed by atoms with Gasteiger partial charge in [0, 0.05) is 13.1 Å². The largest absolute Gasteiger partial charge is 0.449 e. The summed E-state index contributed by atoms with van der Waals surface area (Å²) in [6, 6.07) is 4.19. The van der Waals surface area contributed by atoms with E-state index in [9.17, 15) is 22.8 Å². The van der Waals surface area contributed by atoms with E-state index in [1.165, 1.54) is 32.2 Å². The van der Waals surface area contributed by atoms with Gasteiger partial charge in [-0.25, -0.2) is 22.7 Å². The average molecular weight is 371 g/mol. The Hall–Kier alpha value is -2.46. The van der Waals surface area contributed by atoms with Crippen LogP contribution in [0.15, 0.2) is 29.2 Å². The molecule has 25 heavy (non-hydrogen) atoms. The summed E-state index contributed by atoms with van der Waals surface area (Å²) in [4.78, 5) is 34.7. The fourth-order valence-electron chi connectivity index (χ4n) is 1.73. The maximum atomic E-state index is 12.1. The first kappa shape index (κ1) is 20.6. The smallest absolute Gasteiger partial charge is 0.338 e. The van der Waals surface area contributed by atoms with Crippen LogP contribution in [-0.4, -0.2) is 45.5 Å². The van der Waals surface area contributed by atoms with E-state index in [1.54, 1.807) is 13.8 Å². The van der Waals surface area contributed by atoms with E-state index in [1.807, 2.05) is 5.32 Å². The first-order valence-corrected chi connectivity index (χ1v) is 8.91. The Morgan fingerprint density at radius 1 is 1.12 bits per heavy atom. The van der Waals surface area contributed by atoms with Crippen molar-refractivity contribution in [2.45, 2.75) is 37.8 Å². The molecular weight excluding hydrogens is 350 g/mol. The van der Waals surface area contributed by atoms with Crippen LogP contribution in [-0.2, 0) is 19.6 Å². The minimum absolute atomic E-state index is 0.0359. The van der Waals surface area contributed by atoms with Crippen LogP contribution in [0.4, 0.5) is 4.79 Å². The van der Waals surface area contributed by atoms with Crippen LogP contribution in [0.5, 0.6) is 0 Å². The second kappa shape index (κ2) is 8.58. The zero-order chi connectivity index (χ0) is 19.2. The van der Waals surface area contributed by atoms with Gasteiger partial charge in [-0.2, -0.15) is 0 Å². The van der Waals surface area contributed by atoms with Gasteiger partial charge in [-0.3, -0.25) is 10.1 Å². The van der Waals surface area contributed by atoms with Crippen molar-refractivity contribution in [1.82, 2.24) is 15.4 Å². The van der Waals surface area contributed by atoms with E-state index >= 15 is 0 Å². The predicted octanol–water partition coefficient (Wildman–Crippen LogP) is 0.374. The van der Waals surface area contributed by atoms with Crippen molar-refractivity contribution >= 4 is 27.9 Å². The van der Waals surface area contributed by atoms with Gasteiger partial charge in [-0.15, -0.1) is 0 Å². The number of hydrogen-bond acceptors (Lipinski definition) is 6. The van der Waals surface area contributed by atoms with Crippen molar-refractivity contribution < 1.29 is 27.5 Å². The van der Waals surface area contributed by atoms with Gasteiger partial charge in [0.25, 0.3) is 5.91 Å². The number of sulfonamides is 1. The standard InChI is InChI=1S/C15H21N3O6S/c1-9(2)18-25(22,23)12-7-5-6-11(8-12)14(20)24-10(3)13(19)17-15(21)16-4/h5-10,18H,1-4H3,(H2,16,17,19,21)/t10-/m1/s1. The monoisotopic (exact) mass is 371 g/mol. The van der Waals surface area contributed by atoms with Crippen LogP contribution < -0.4 is 15.4 Å². The Labute approximate surface area is 146 Å². The summed E-state index contributed by atoms with van der Waals surface area (Å²) in [5, 5.41) is 4.16. The second-order valence-electron chi connectivity index (χ2n) is 5.42. The fourth-order valence-corrected chi connectivity index (χ4v) is 3.02. The van der Waals surface area contributed by atoms with Crippen molar-refractivity contribution in [3.05, 3.63) is 29.8 Å². The number of carbonyl (C=O) groups excluding carboxylic acids is 3. The van der Waals surface area contributed by atoms with Gasteiger partial charge >= 0.3 is 12.0 Å². The summed E-state index contributed by atoms with van der Waals surface area (Å²) < 4.78 is 31.6. The molecule has 0 saturated heterocycles. The van der Waals surface area contributed by atoms with Crippen LogP contribution in [0.1, 0.15) is 31.1 Å². The van der Waals surface area contributed by atoms with Crippen molar-refractivity contribution in [1.29, 1.82) is 0 Å². The lowest BCUT2D eigenvalue weighted by atomic mass is 10.2. The molecule has 0 unspecified atom stereocenters. The molecule has 0 heterocycles. The van der Waals surface area contributed by atoms with Gasteiger partial charge in [0.05, 0.1) is 10.5 Å². The number of urea groups is 1. The van der Waals surface area contributed by atoms with E-state index < -0.39 is 34.0 Å². The summed E-state index contributed by atoms with van der Waals surface area (Å²) in [5.41, 5.74) is -0.0359. The predicted molar refractivity (Wildman–Crippen MR) is 89.4 cm³/mol. The minimum Gasteiger partial charge on any atom is -0.449 e. The molecule has 0 aliphatic rings. The number of nitrogens with one attached hydrogen (secondary N) is 3. The molecule has 0 saturated carbocycles. The Morgan fingerprint density at radius 3 is 2.32 bits per heavy atom. The molecule has 0 aliphatic heterocycles. The third-order valence-corrected chi connectivity index (χ3v) is 4.54. The maximum absolute atomic E-state index is 12.1. The first-order chi connectivity index (χ1) is 11.6. The number of rotatable bonds is 6. The highest BCUT2D eigenvalue weighted by molar-refractivity contribution is 7.89. The minimum atomic E-state index is -3.77. The Bertz CT molecular complexity index is 760. The number of imide groups is 1. The van der Waals surface area contributed by atoms with E-state index in [0.29, 0.717) is 0 Å². The number of carbonyl (C=O) groups is 3. The first-order valence-electron chi connectivity index (χ1n) is 7.42. The number of ether oxygens (including phenoxy) is 1. The fraction of sp³-hybridized carbons (Fsp3) is 0.400. The topological polar surface area (TPSA) is 131 Å². The van der Waals surface area contributed by atoms with Crippen LogP contribution in [0.25, 0.3) is 0 Å². The van der Waals surface area contributed by atoms with Crippen molar-refractivity contribution in [2.24, 2.45) is 0 Å². The third kappa shape index (κ3) is 6.16. The SMILES string of the molecule is CNC(=O)NC(=O)[C@@H](C)OC(=O)c1cccc(S(=O)(=O)NC(C)C)c1. The van der Waals surface area contributed by atoms with Crippen LogP contribution >= 0.6 is 0 Å². The molecule has 0 aromatic heterocycles. The second-order valence-corrected chi connectivity index (χ2v) is 7.13. The molecule has 0 bridgehead atoms. The quantitative estimate of drug-likeness (QED) is 0.620. The maximum Gasteiger partial charge on any atom is 0.338 e. The highest BCUT2D eigenvalue weighted by atomic mass is 32.2. The Morgan fingerprint density at radius 2 is 1.76 bits per heavy atom. The van der Waals surface area contributed by atoms with E-state index in [-0.39, 0.29) is 16.5 Å². The molecule has 10 heteroatoms. The normalized spacial score (nSPS) is 12.4. The molecule has 0 aliphatic carbocycles. The lowest BCUT2D eigenvalue weighted by Gasteiger charge is -2.13. The van der Waals surface area contributed by atoms with Gasteiger partial charge in [0.15, 0.2) is 6.10 Å². The van der Waals surface area contributed by atoms with Gasteiger partial charge < -0.3 is 10.1 Å². The van der Waals surface area contributed by atoms with E-state index in [2.05, 4.69) is 10.0 Å². The highest BCUT2D eigenvalue weighted by Gasteiger charge is 2.22. The van der Waals surface area contributed by atoms with Crippen molar-refractivity contribution in [2.75, 3.05) is 7.05 Å². The molecule has 3 N–H and O–H groups in total. The lowest BCUT2D eigenvalue weighted by molar-refractivity contribution is -0.127. The van der Waals surface area contributed by atoms with Gasteiger partial charge in [-0.05, 0) is 39.0 Å². The summed E-state index contributed by atoms with van der Waals surface area (Å²) in [6.07, 6.45) is -1.24. The van der Waals surface area contributed by atoms with E-state index in [4.69, 9.17) is 4.74 Å². The molecule has 9 nitrogen and oxygen atoms in total. The molecular formula is C15H21N3O6S. The molecule has 3 amide bonds. The van der Waals surface area contributed by atoms with Crippen LogP contribution in [0, 0.1) is 0 Å². The molecule has 1 atom stereocenters. The Kier molecular flexibility index (Phi) is 7.07. The Balaban J connectivity index is 2.88. The molecule has 1 aromatic carbocycles. The van der Waals surface area contributed by atoms with Gasteiger partial charge in [0.1, 0.15) is 0 Å². The molecule has 1 rings (SSSR count). The molecule has 0 radical (unpaired) electrons. The highest BCUT2D eigenvalue weighted by Crippen LogP contribution is 2.13. The lowest BCUT2D eigenvalue weighted by Crippen LogP contribution is -2.43. The molecule has 0 spiro atoms. The molecule has 0 fully saturated rings. The van der Waals surface area contributed by atoms with Crippen molar-refractivity contribution in [3.8, 4) is 0 Å². The third-order valence-electron chi connectivity index (χ3n) is 2.89. The van der Waals surface area contributed by atoms with Crippen LogP contribution in [0.3, 0.4) is 0 Å². The molecule has 1 aromatic rings. The number of esters is 1. The number of amides is 3. The van der Waals surface area contributed by atoms with Crippen molar-refractivity contribution in [3.63, 3.8) is 0 Å². The van der Waals surface area contributed by atoms with Gasteiger partial charge in [0.2, 0.25) is 10.0 Å². The summed E-state index contributed by atoms with van der Waals surface area (Å²) >= 11 is 0. The van der Waals surface area contributed by atoms with E-state index in [0.717, 1.165) is 6.07 Å². The average Bonchev–Trinajstić information content (AvgIpc) is 2.53. The zero-order valence-corrected chi connectivity index (χ0v) is 15.1. The zero-order valence-electron chi connectivity index (χ0n) is 14.3. The number of hydrogen-bond donors (Lipinski definition) is 3. The number of benzene rings is 1. The van der Waals surface area contributed by atoms with Gasteiger partial charge in [-0.1, -0.05) is 6.07 Å². The molecule has 138 valence electrons. The summed E-state index contributed by atoms with van der Waals surface area (Å²) in [5.74, 6) is -1.70. The summed E-state index contributed by atoms with van der Waals surface area (Å²) in [7, 11) is -2.44.